The zero-order chi connectivity index (χ0) is 18.0. The number of carbonyl (C=O) groups excluding carboxylic acids is 1. The molecule has 0 aliphatic carbocycles. The molecule has 0 unspecified atom stereocenters. The van der Waals surface area contributed by atoms with Crippen LogP contribution in [0.1, 0.15) is 110 Å². The van der Waals surface area contributed by atoms with Gasteiger partial charge < -0.3 is 10.5 Å². The third-order valence-electron chi connectivity index (χ3n) is 3.87. The zero-order valence-corrected chi connectivity index (χ0v) is 16.5. The van der Waals surface area contributed by atoms with E-state index in [2.05, 4.69) is 31.7 Å². The summed E-state index contributed by atoms with van der Waals surface area (Å²) in [5.41, 5.74) is 4.50. The molecule has 140 valence electrons. The predicted molar refractivity (Wildman–Crippen MR) is 107 cm³/mol. The number of nitrogens with two attached hydrogens (primary N) is 1. The third-order valence-corrected chi connectivity index (χ3v) is 3.87. The summed E-state index contributed by atoms with van der Waals surface area (Å²) in [6.07, 6.45) is 25.9. The summed E-state index contributed by atoms with van der Waals surface area (Å²) in [5.74, 6) is 0. The molecule has 0 saturated carbocycles. The topological polar surface area (TPSA) is 43.1 Å². The van der Waals surface area contributed by atoms with Crippen molar-refractivity contribution in [2.75, 3.05) is 7.05 Å². The molecule has 2 nitrogen and oxygen atoms in total. The second kappa shape index (κ2) is 33.1. The molecule has 0 aliphatic heterocycles. The van der Waals surface area contributed by atoms with Gasteiger partial charge in [-0.15, -0.1) is 0 Å². The van der Waals surface area contributed by atoms with E-state index in [9.17, 15) is 0 Å². The Balaban J connectivity index is -0.000000919. The van der Waals surface area contributed by atoms with Crippen molar-refractivity contribution in [3.05, 3.63) is 12.2 Å². The first kappa shape index (κ1) is 27.2. The van der Waals surface area contributed by atoms with E-state index in [0.717, 1.165) is 0 Å². The summed E-state index contributed by atoms with van der Waals surface area (Å²) in [5, 5.41) is 0. The van der Waals surface area contributed by atoms with Crippen LogP contribution in [-0.4, -0.2) is 13.8 Å². The molecular formula is C21H45NO. The van der Waals surface area contributed by atoms with Gasteiger partial charge in [0.1, 0.15) is 6.79 Å². The second-order valence-electron chi connectivity index (χ2n) is 5.94. The van der Waals surface area contributed by atoms with E-state index in [0.29, 0.717) is 0 Å². The molecule has 0 saturated heterocycles. The minimum Gasteiger partial charge on any atom is -0.333 e. The fourth-order valence-corrected chi connectivity index (χ4v) is 2.50. The molecule has 2 heteroatoms. The molecule has 23 heavy (non-hydrogen) atoms. The SMILES string of the molecule is C=O.CCCCCCCC/C=C\CCCCCCCCC.CN. The summed E-state index contributed by atoms with van der Waals surface area (Å²) in [7, 11) is 1.50. The Labute approximate surface area is 147 Å². The quantitative estimate of drug-likeness (QED) is 0.265. The Morgan fingerprint density at radius 1 is 0.565 bits per heavy atom. The Morgan fingerprint density at radius 2 is 0.826 bits per heavy atom. The Kier molecular flexibility index (Phi) is 39.2. The first-order chi connectivity index (χ1) is 11.4. The maximum atomic E-state index is 8.00. The lowest BCUT2D eigenvalue weighted by Crippen LogP contribution is -1.79. The van der Waals surface area contributed by atoms with Crippen molar-refractivity contribution < 1.29 is 4.79 Å². The first-order valence-electron chi connectivity index (χ1n) is 9.93. The van der Waals surface area contributed by atoms with E-state index in [4.69, 9.17) is 4.79 Å². The summed E-state index contributed by atoms with van der Waals surface area (Å²) in [4.78, 5) is 8.00. The van der Waals surface area contributed by atoms with Crippen molar-refractivity contribution in [1.82, 2.24) is 0 Å². The van der Waals surface area contributed by atoms with Crippen LogP contribution in [0.2, 0.25) is 0 Å². The molecule has 0 aromatic carbocycles. The van der Waals surface area contributed by atoms with Crippen LogP contribution in [0.3, 0.4) is 0 Å². The minimum absolute atomic E-state index is 1.31. The highest BCUT2D eigenvalue weighted by Crippen LogP contribution is 2.10. The fourth-order valence-electron chi connectivity index (χ4n) is 2.50. The first-order valence-corrected chi connectivity index (χ1v) is 9.93. The van der Waals surface area contributed by atoms with Crippen molar-refractivity contribution in [1.29, 1.82) is 0 Å². The predicted octanol–water partition coefficient (Wildman–Crippen LogP) is 6.82. The van der Waals surface area contributed by atoms with E-state index in [1.807, 2.05) is 6.79 Å². The normalized spacial score (nSPS) is 9.91. The summed E-state index contributed by atoms with van der Waals surface area (Å²) in [6.45, 7) is 6.57. The van der Waals surface area contributed by atoms with Crippen molar-refractivity contribution in [2.24, 2.45) is 5.73 Å². The summed E-state index contributed by atoms with van der Waals surface area (Å²) >= 11 is 0. The Morgan fingerprint density at radius 3 is 1.13 bits per heavy atom. The van der Waals surface area contributed by atoms with E-state index < -0.39 is 0 Å². The van der Waals surface area contributed by atoms with Crippen LogP contribution in [-0.2, 0) is 4.79 Å². The van der Waals surface area contributed by atoms with E-state index in [-0.39, 0.29) is 0 Å². The number of allylic oxidation sites excluding steroid dienone is 2. The number of rotatable bonds is 15. The van der Waals surface area contributed by atoms with Gasteiger partial charge in [0.2, 0.25) is 0 Å². The van der Waals surface area contributed by atoms with Gasteiger partial charge in [-0.3, -0.25) is 0 Å². The van der Waals surface area contributed by atoms with Gasteiger partial charge in [-0.05, 0) is 32.7 Å². The van der Waals surface area contributed by atoms with Gasteiger partial charge in [-0.25, -0.2) is 0 Å². The summed E-state index contributed by atoms with van der Waals surface area (Å²) < 4.78 is 0. The van der Waals surface area contributed by atoms with Crippen LogP contribution >= 0.6 is 0 Å². The average molecular weight is 328 g/mol. The Hall–Kier alpha value is -0.630. The molecule has 0 fully saturated rings. The number of carbonyl (C=O) groups is 1. The van der Waals surface area contributed by atoms with E-state index >= 15 is 0 Å². The smallest absolute Gasteiger partial charge is 0.106 e. The van der Waals surface area contributed by atoms with Crippen LogP contribution in [0.5, 0.6) is 0 Å². The highest BCUT2D eigenvalue weighted by molar-refractivity contribution is 5.10. The zero-order valence-electron chi connectivity index (χ0n) is 16.5. The van der Waals surface area contributed by atoms with Crippen molar-refractivity contribution >= 4 is 6.79 Å². The van der Waals surface area contributed by atoms with Crippen molar-refractivity contribution in [2.45, 2.75) is 110 Å². The van der Waals surface area contributed by atoms with Gasteiger partial charge in [0.05, 0.1) is 0 Å². The molecule has 0 aliphatic rings. The number of unbranched alkanes of at least 4 members (excludes halogenated alkanes) is 13. The molecule has 0 aromatic rings. The molecule has 0 spiro atoms. The largest absolute Gasteiger partial charge is 0.333 e. The van der Waals surface area contributed by atoms with Gasteiger partial charge in [0.25, 0.3) is 0 Å². The lowest BCUT2D eigenvalue weighted by molar-refractivity contribution is -0.0979. The molecule has 0 amide bonds. The molecule has 0 atom stereocenters. The van der Waals surface area contributed by atoms with Gasteiger partial charge in [0.15, 0.2) is 0 Å². The standard InChI is InChI=1S/C19H38.CH5N.CH2O/c1-3-5-7-9-11-13-15-17-19-18-16-14-12-10-8-6-4-2;2*1-2/h17,19H,3-16,18H2,1-2H3;2H2,1H3;1H2/b19-17-;;. The molecule has 0 rings (SSSR count). The molecule has 0 radical (unpaired) electrons. The molecular weight excluding hydrogens is 282 g/mol. The molecule has 0 bridgehead atoms. The van der Waals surface area contributed by atoms with Crippen LogP contribution in [0.4, 0.5) is 0 Å². The second-order valence-corrected chi connectivity index (χ2v) is 5.94. The van der Waals surface area contributed by atoms with Crippen LogP contribution in [0, 0.1) is 0 Å². The highest BCUT2D eigenvalue weighted by atomic mass is 16.1. The van der Waals surface area contributed by atoms with Crippen molar-refractivity contribution in [3.8, 4) is 0 Å². The maximum absolute atomic E-state index is 8.00. The van der Waals surface area contributed by atoms with Crippen LogP contribution < -0.4 is 5.73 Å². The molecule has 0 aromatic heterocycles. The highest BCUT2D eigenvalue weighted by Gasteiger charge is 1.90. The van der Waals surface area contributed by atoms with Gasteiger partial charge >= 0.3 is 0 Å². The van der Waals surface area contributed by atoms with Crippen molar-refractivity contribution in [3.63, 3.8) is 0 Å². The van der Waals surface area contributed by atoms with E-state index in [1.165, 1.54) is 103 Å². The molecule has 0 heterocycles. The summed E-state index contributed by atoms with van der Waals surface area (Å²) in [6, 6.07) is 0. The van der Waals surface area contributed by atoms with Gasteiger partial charge in [0, 0.05) is 0 Å². The Bertz CT molecular complexity index is 192. The maximum Gasteiger partial charge on any atom is 0.106 e. The lowest BCUT2D eigenvalue weighted by Gasteiger charge is -1.99. The average Bonchev–Trinajstić information content (AvgIpc) is 2.62. The minimum atomic E-state index is 1.31. The number of hydrogen-bond acceptors (Lipinski definition) is 2. The van der Waals surface area contributed by atoms with Crippen LogP contribution in [0.15, 0.2) is 12.2 Å². The van der Waals surface area contributed by atoms with Gasteiger partial charge in [-0.2, -0.15) is 0 Å². The van der Waals surface area contributed by atoms with Crippen LogP contribution in [0.25, 0.3) is 0 Å². The van der Waals surface area contributed by atoms with E-state index in [1.54, 1.807) is 0 Å². The third kappa shape index (κ3) is 33.9. The fraction of sp³-hybridized carbons (Fsp3) is 0.857. The monoisotopic (exact) mass is 327 g/mol. The lowest BCUT2D eigenvalue weighted by atomic mass is 10.1. The van der Waals surface area contributed by atoms with Gasteiger partial charge in [-0.1, -0.05) is 96.6 Å². The molecule has 2 N–H and O–H groups in total. The number of hydrogen-bond donors (Lipinski definition) is 1.